The Kier molecular flexibility index (Phi) is 2.27. The highest BCUT2D eigenvalue weighted by Gasteiger charge is 2.36. The second-order valence-electron chi connectivity index (χ2n) is 2.18. The summed E-state index contributed by atoms with van der Waals surface area (Å²) in [5.74, 6) is 0. The van der Waals surface area contributed by atoms with Crippen molar-refractivity contribution < 1.29 is 13.2 Å². The smallest absolute Gasteiger partial charge is 0.375 e. The van der Waals surface area contributed by atoms with E-state index < -0.39 is 11.1 Å². The molecule has 0 aromatic carbocycles. The minimum Gasteiger partial charge on any atom is -0.375 e. The number of nitrogens with zero attached hydrogens (tertiary/aromatic N) is 1. The Bertz CT molecular complexity index is 279. The highest BCUT2D eigenvalue weighted by atomic mass is 32.1. The van der Waals surface area contributed by atoms with E-state index in [-0.39, 0.29) is 17.2 Å². The first kappa shape index (κ1) is 9.31. The minimum absolute atomic E-state index is 0.0285. The highest BCUT2D eigenvalue weighted by molar-refractivity contribution is 7.15. The molecule has 6 heteroatoms. The molecule has 0 radical (unpaired) electrons. The van der Waals surface area contributed by atoms with Gasteiger partial charge in [-0.15, -0.1) is 0 Å². The maximum Gasteiger partial charge on any atom is 0.427 e. The predicted molar refractivity (Wildman–Crippen MR) is 40.9 cm³/mol. The number of thiazole rings is 1. The van der Waals surface area contributed by atoms with Crippen LogP contribution in [0.3, 0.4) is 0 Å². The first-order valence-electron chi connectivity index (χ1n) is 3.27. The van der Waals surface area contributed by atoms with E-state index in [1.807, 2.05) is 0 Å². The fourth-order valence-electron chi connectivity index (χ4n) is 0.831. The van der Waals surface area contributed by atoms with Gasteiger partial charge < -0.3 is 5.73 Å². The first-order valence-corrected chi connectivity index (χ1v) is 4.09. The molecule has 12 heavy (non-hydrogen) atoms. The van der Waals surface area contributed by atoms with E-state index in [1.54, 1.807) is 6.92 Å². The third-order valence-corrected chi connectivity index (χ3v) is 2.28. The molecule has 0 unspecified atom stereocenters. The van der Waals surface area contributed by atoms with Crippen LogP contribution in [-0.4, -0.2) is 4.98 Å². The van der Waals surface area contributed by atoms with Crippen LogP contribution in [0.1, 0.15) is 17.5 Å². The van der Waals surface area contributed by atoms with Gasteiger partial charge in [-0.3, -0.25) is 0 Å². The van der Waals surface area contributed by atoms with Gasteiger partial charge >= 0.3 is 6.18 Å². The number of aryl methyl sites for hydroxylation is 1. The second-order valence-corrected chi connectivity index (χ2v) is 3.21. The molecule has 0 atom stereocenters. The van der Waals surface area contributed by atoms with Crippen molar-refractivity contribution in [2.75, 3.05) is 5.73 Å². The zero-order valence-electron chi connectivity index (χ0n) is 6.27. The number of hydrogen-bond acceptors (Lipinski definition) is 3. The van der Waals surface area contributed by atoms with Crippen molar-refractivity contribution in [2.24, 2.45) is 0 Å². The van der Waals surface area contributed by atoms with Crippen LogP contribution >= 0.6 is 11.3 Å². The average Bonchev–Trinajstić information content (AvgIpc) is 2.29. The summed E-state index contributed by atoms with van der Waals surface area (Å²) in [6.07, 6.45) is -4.07. The number of alkyl halides is 3. The SMILES string of the molecule is CCc1nc(N)sc1C(F)(F)F. The van der Waals surface area contributed by atoms with Crippen LogP contribution in [0.5, 0.6) is 0 Å². The summed E-state index contributed by atoms with van der Waals surface area (Å²) in [4.78, 5) is 2.89. The summed E-state index contributed by atoms with van der Waals surface area (Å²) in [5.41, 5.74) is 5.19. The van der Waals surface area contributed by atoms with E-state index in [4.69, 9.17) is 5.73 Å². The lowest BCUT2D eigenvalue weighted by Gasteiger charge is -2.03. The van der Waals surface area contributed by atoms with Crippen molar-refractivity contribution in [1.82, 2.24) is 4.98 Å². The molecule has 0 saturated carbocycles. The third kappa shape index (κ3) is 1.69. The summed E-state index contributed by atoms with van der Waals surface area (Å²) in [5, 5.41) is -0.0285. The van der Waals surface area contributed by atoms with Crippen molar-refractivity contribution >= 4 is 16.5 Å². The van der Waals surface area contributed by atoms with Gasteiger partial charge in [-0.25, -0.2) is 4.98 Å². The standard InChI is InChI=1S/C6H7F3N2S/c1-2-3-4(6(7,8)9)12-5(10)11-3/h2H2,1H3,(H2,10,11). The van der Waals surface area contributed by atoms with E-state index in [0.717, 1.165) is 0 Å². The van der Waals surface area contributed by atoms with Crippen LogP contribution in [0, 0.1) is 0 Å². The highest BCUT2D eigenvalue weighted by Crippen LogP contribution is 2.37. The van der Waals surface area contributed by atoms with E-state index in [0.29, 0.717) is 11.3 Å². The number of rotatable bonds is 1. The summed E-state index contributed by atoms with van der Waals surface area (Å²) < 4.78 is 36.5. The van der Waals surface area contributed by atoms with Crippen molar-refractivity contribution in [3.8, 4) is 0 Å². The molecule has 1 aromatic heterocycles. The van der Waals surface area contributed by atoms with E-state index in [2.05, 4.69) is 4.98 Å². The van der Waals surface area contributed by atoms with Gasteiger partial charge in [0.15, 0.2) is 5.13 Å². The van der Waals surface area contributed by atoms with Crippen molar-refractivity contribution in [2.45, 2.75) is 19.5 Å². The van der Waals surface area contributed by atoms with Gasteiger partial charge in [0.1, 0.15) is 4.88 Å². The number of aromatic nitrogens is 1. The number of halogens is 3. The molecular formula is C6H7F3N2S. The molecule has 2 nitrogen and oxygen atoms in total. The quantitative estimate of drug-likeness (QED) is 0.748. The molecule has 0 fully saturated rings. The lowest BCUT2D eigenvalue weighted by atomic mass is 10.3. The third-order valence-electron chi connectivity index (χ3n) is 1.31. The van der Waals surface area contributed by atoms with Gasteiger partial charge in [-0.2, -0.15) is 13.2 Å². The van der Waals surface area contributed by atoms with Crippen LogP contribution < -0.4 is 5.73 Å². The zero-order chi connectivity index (χ0) is 9.35. The Morgan fingerprint density at radius 3 is 2.42 bits per heavy atom. The van der Waals surface area contributed by atoms with Gasteiger partial charge in [0.2, 0.25) is 0 Å². The Labute approximate surface area is 71.2 Å². The molecule has 0 saturated heterocycles. The molecular weight excluding hydrogens is 189 g/mol. The molecule has 0 bridgehead atoms. The van der Waals surface area contributed by atoms with Gasteiger partial charge in [-0.1, -0.05) is 18.3 Å². The monoisotopic (exact) mass is 196 g/mol. The molecule has 0 aliphatic rings. The minimum atomic E-state index is -4.32. The fraction of sp³-hybridized carbons (Fsp3) is 0.500. The Morgan fingerprint density at radius 2 is 2.08 bits per heavy atom. The first-order chi connectivity index (χ1) is 5.45. The zero-order valence-corrected chi connectivity index (χ0v) is 7.09. The van der Waals surface area contributed by atoms with Crippen molar-refractivity contribution in [1.29, 1.82) is 0 Å². The summed E-state index contributed by atoms with van der Waals surface area (Å²) in [7, 11) is 0. The molecule has 2 N–H and O–H groups in total. The fourth-order valence-corrected chi connectivity index (χ4v) is 1.62. The summed E-state index contributed by atoms with van der Waals surface area (Å²) >= 11 is 0.488. The maximum absolute atomic E-state index is 12.2. The van der Waals surface area contributed by atoms with Crippen LogP contribution in [0.4, 0.5) is 18.3 Å². The maximum atomic E-state index is 12.2. The number of hydrogen-bond donors (Lipinski definition) is 1. The molecule has 1 aromatic rings. The summed E-state index contributed by atoms with van der Waals surface area (Å²) in [6.45, 7) is 1.61. The average molecular weight is 196 g/mol. The van der Waals surface area contributed by atoms with Gasteiger partial charge in [0, 0.05) is 0 Å². The second kappa shape index (κ2) is 2.93. The lowest BCUT2D eigenvalue weighted by molar-refractivity contribution is -0.135. The van der Waals surface area contributed by atoms with Crippen molar-refractivity contribution in [3.05, 3.63) is 10.6 Å². The number of anilines is 1. The Morgan fingerprint density at radius 1 is 1.50 bits per heavy atom. The van der Waals surface area contributed by atoms with Crippen LogP contribution in [0.15, 0.2) is 0 Å². The summed E-state index contributed by atoms with van der Waals surface area (Å²) in [6, 6.07) is 0. The van der Waals surface area contributed by atoms with E-state index in [9.17, 15) is 13.2 Å². The lowest BCUT2D eigenvalue weighted by Crippen LogP contribution is -2.05. The van der Waals surface area contributed by atoms with Gasteiger partial charge in [0.25, 0.3) is 0 Å². The van der Waals surface area contributed by atoms with Crippen molar-refractivity contribution in [3.63, 3.8) is 0 Å². The van der Waals surface area contributed by atoms with Crippen LogP contribution in [0.2, 0.25) is 0 Å². The normalized spacial score (nSPS) is 12.0. The largest absolute Gasteiger partial charge is 0.427 e. The molecule has 0 amide bonds. The molecule has 0 aliphatic carbocycles. The number of nitrogens with two attached hydrogens (primary N) is 1. The topological polar surface area (TPSA) is 38.9 Å². The molecule has 0 aliphatic heterocycles. The molecule has 1 rings (SSSR count). The molecule has 68 valence electrons. The van der Waals surface area contributed by atoms with Gasteiger partial charge in [-0.05, 0) is 6.42 Å². The predicted octanol–water partition coefficient (Wildman–Crippen LogP) is 2.31. The molecule has 0 spiro atoms. The Balaban J connectivity index is 3.13. The number of nitrogen functional groups attached to an aromatic ring is 1. The molecule has 1 heterocycles. The van der Waals surface area contributed by atoms with Gasteiger partial charge in [0.05, 0.1) is 5.69 Å². The van der Waals surface area contributed by atoms with E-state index >= 15 is 0 Å². The van der Waals surface area contributed by atoms with Crippen LogP contribution in [-0.2, 0) is 12.6 Å². The van der Waals surface area contributed by atoms with Crippen LogP contribution in [0.25, 0.3) is 0 Å². The van der Waals surface area contributed by atoms with E-state index in [1.165, 1.54) is 0 Å². The Hall–Kier alpha value is -0.780.